The molecule has 1 N–H and O–H groups in total. The smallest absolute Gasteiger partial charge is 0.334 e. The molecule has 0 aromatic rings. The number of hydrogen-bond acceptors (Lipinski definition) is 5. The second-order valence-electron chi connectivity index (χ2n) is 6.71. The Labute approximate surface area is 137 Å². The quantitative estimate of drug-likeness (QED) is 0.517. The van der Waals surface area contributed by atoms with Crippen molar-refractivity contribution in [2.75, 3.05) is 0 Å². The maximum absolute atomic E-state index is 12.3. The van der Waals surface area contributed by atoms with Crippen molar-refractivity contribution in [2.24, 2.45) is 5.92 Å². The van der Waals surface area contributed by atoms with Crippen LogP contribution >= 0.6 is 0 Å². The minimum absolute atomic E-state index is 0.203. The van der Waals surface area contributed by atoms with E-state index in [1.165, 1.54) is 0 Å². The van der Waals surface area contributed by atoms with Crippen LogP contribution in [0.25, 0.3) is 0 Å². The first-order valence-corrected chi connectivity index (χ1v) is 7.72. The summed E-state index contributed by atoms with van der Waals surface area (Å²) in [4.78, 5) is 35.5. The highest BCUT2D eigenvalue weighted by molar-refractivity contribution is 5.96. The number of rotatable bonds is 9. The predicted molar refractivity (Wildman–Crippen MR) is 85.8 cm³/mol. The van der Waals surface area contributed by atoms with Crippen LogP contribution in [0.5, 0.6) is 0 Å². The molecule has 1 unspecified atom stereocenters. The van der Waals surface area contributed by atoms with Crippen molar-refractivity contribution >= 4 is 17.9 Å². The Morgan fingerprint density at radius 2 is 1.43 bits per heavy atom. The topological polar surface area (TPSA) is 89.9 Å². The van der Waals surface area contributed by atoms with Crippen molar-refractivity contribution in [3.05, 3.63) is 12.2 Å². The Balaban J connectivity index is 5.24. The largest absolute Gasteiger partial charge is 0.481 e. The summed E-state index contributed by atoms with van der Waals surface area (Å²) >= 11 is 0. The lowest BCUT2D eigenvalue weighted by Gasteiger charge is -2.28. The van der Waals surface area contributed by atoms with Crippen LogP contribution in [0, 0.1) is 5.92 Å². The highest BCUT2D eigenvalue weighted by Gasteiger charge is 2.35. The summed E-state index contributed by atoms with van der Waals surface area (Å²) in [6.45, 7) is 14.1. The third-order valence-corrected chi connectivity index (χ3v) is 3.79. The van der Waals surface area contributed by atoms with Gasteiger partial charge in [-0.3, -0.25) is 9.59 Å². The van der Waals surface area contributed by atoms with E-state index in [9.17, 15) is 14.4 Å². The molecule has 0 spiro atoms. The van der Waals surface area contributed by atoms with Gasteiger partial charge >= 0.3 is 17.9 Å². The highest BCUT2D eigenvalue weighted by atomic mass is 16.6. The molecule has 0 aliphatic rings. The van der Waals surface area contributed by atoms with Crippen molar-refractivity contribution < 1.29 is 29.0 Å². The summed E-state index contributed by atoms with van der Waals surface area (Å²) in [5.74, 6) is -4.05. The highest BCUT2D eigenvalue weighted by Crippen LogP contribution is 2.25. The summed E-state index contributed by atoms with van der Waals surface area (Å²) in [5.41, 5.74) is -1.67. The maximum Gasteiger partial charge on any atom is 0.334 e. The number of hydrogen-bond donors (Lipinski definition) is 1. The lowest BCUT2D eigenvalue weighted by Crippen LogP contribution is -2.36. The van der Waals surface area contributed by atoms with E-state index in [2.05, 4.69) is 6.58 Å². The van der Waals surface area contributed by atoms with Crippen molar-refractivity contribution in [1.29, 1.82) is 0 Å². The summed E-state index contributed by atoms with van der Waals surface area (Å²) in [6, 6.07) is 0. The Morgan fingerprint density at radius 3 is 1.83 bits per heavy atom. The van der Waals surface area contributed by atoms with Gasteiger partial charge in [-0.25, -0.2) is 4.79 Å². The van der Waals surface area contributed by atoms with E-state index in [1.54, 1.807) is 27.7 Å². The van der Waals surface area contributed by atoms with Crippen LogP contribution in [0.1, 0.15) is 60.8 Å². The zero-order chi connectivity index (χ0) is 18.4. The molecule has 0 saturated heterocycles. The van der Waals surface area contributed by atoms with E-state index in [0.717, 1.165) is 0 Å². The minimum atomic E-state index is -1.27. The van der Waals surface area contributed by atoms with Crippen molar-refractivity contribution in [3.63, 3.8) is 0 Å². The lowest BCUT2D eigenvalue weighted by atomic mass is 9.95. The maximum atomic E-state index is 12.3. The number of carbonyl (C=O) groups is 3. The fourth-order valence-corrected chi connectivity index (χ4v) is 1.47. The van der Waals surface area contributed by atoms with Gasteiger partial charge in [0.15, 0.2) is 0 Å². The lowest BCUT2D eigenvalue weighted by molar-refractivity contribution is -0.166. The second kappa shape index (κ2) is 8.13. The Kier molecular flexibility index (Phi) is 7.48. The average Bonchev–Trinajstić information content (AvgIpc) is 2.42. The van der Waals surface area contributed by atoms with Crippen LogP contribution in [-0.2, 0) is 23.9 Å². The van der Waals surface area contributed by atoms with E-state index in [1.807, 2.05) is 13.8 Å². The standard InChI is InChI=1S/C17H28O6/c1-8-16(4,5)22-14(20)11(3)12(10-13(18)19)15(21)23-17(6,7)9-2/h12H,3,8-10H2,1-2,4-7H3,(H,18,19). The third-order valence-electron chi connectivity index (χ3n) is 3.79. The van der Waals surface area contributed by atoms with E-state index < -0.39 is 41.4 Å². The van der Waals surface area contributed by atoms with Gasteiger partial charge in [0, 0.05) is 5.57 Å². The second-order valence-corrected chi connectivity index (χ2v) is 6.71. The molecule has 0 aliphatic carbocycles. The Morgan fingerprint density at radius 1 is 1.00 bits per heavy atom. The monoisotopic (exact) mass is 328 g/mol. The van der Waals surface area contributed by atoms with Crippen LogP contribution in [0.15, 0.2) is 12.2 Å². The van der Waals surface area contributed by atoms with E-state index in [4.69, 9.17) is 14.6 Å². The van der Waals surface area contributed by atoms with Crippen LogP contribution in [-0.4, -0.2) is 34.2 Å². The average molecular weight is 328 g/mol. The van der Waals surface area contributed by atoms with Gasteiger partial charge < -0.3 is 14.6 Å². The Hall–Kier alpha value is -1.85. The van der Waals surface area contributed by atoms with Gasteiger partial charge in [-0.15, -0.1) is 0 Å². The van der Waals surface area contributed by atoms with Gasteiger partial charge in [0.1, 0.15) is 11.2 Å². The summed E-state index contributed by atoms with van der Waals surface area (Å²) in [7, 11) is 0. The molecule has 6 nitrogen and oxygen atoms in total. The zero-order valence-electron chi connectivity index (χ0n) is 14.9. The van der Waals surface area contributed by atoms with Gasteiger partial charge in [0.2, 0.25) is 0 Å². The number of ether oxygens (including phenoxy) is 2. The number of carboxylic acids is 1. The normalized spacial score (nSPS) is 13.1. The minimum Gasteiger partial charge on any atom is -0.481 e. The molecule has 0 aromatic carbocycles. The fraction of sp³-hybridized carbons (Fsp3) is 0.706. The summed E-state index contributed by atoms with van der Waals surface area (Å²) < 4.78 is 10.6. The number of carboxylic acid groups (broad SMARTS) is 1. The molecule has 0 saturated carbocycles. The van der Waals surface area contributed by atoms with Crippen LogP contribution in [0.3, 0.4) is 0 Å². The number of aliphatic carboxylic acids is 1. The molecule has 0 radical (unpaired) electrons. The van der Waals surface area contributed by atoms with Crippen LogP contribution < -0.4 is 0 Å². The van der Waals surface area contributed by atoms with Crippen molar-refractivity contribution in [2.45, 2.75) is 72.0 Å². The number of esters is 2. The first-order chi connectivity index (χ1) is 10.3. The van der Waals surface area contributed by atoms with Gasteiger partial charge in [-0.2, -0.15) is 0 Å². The van der Waals surface area contributed by atoms with Crippen molar-refractivity contribution in [1.82, 2.24) is 0 Å². The molecule has 0 fully saturated rings. The summed E-state index contributed by atoms with van der Waals surface area (Å²) in [6.07, 6.45) is 0.556. The molecule has 1 atom stereocenters. The molecule has 0 amide bonds. The van der Waals surface area contributed by atoms with Gasteiger partial charge in [0.25, 0.3) is 0 Å². The van der Waals surface area contributed by atoms with E-state index in [-0.39, 0.29) is 5.57 Å². The zero-order valence-corrected chi connectivity index (χ0v) is 14.9. The fourth-order valence-electron chi connectivity index (χ4n) is 1.47. The third kappa shape index (κ3) is 7.30. The molecule has 0 bridgehead atoms. The van der Waals surface area contributed by atoms with E-state index in [0.29, 0.717) is 12.8 Å². The summed E-state index contributed by atoms with van der Waals surface area (Å²) in [5, 5.41) is 9.00. The molecule has 132 valence electrons. The first-order valence-electron chi connectivity index (χ1n) is 7.72. The molecular weight excluding hydrogens is 300 g/mol. The molecule has 23 heavy (non-hydrogen) atoms. The SMILES string of the molecule is C=C(C(=O)OC(C)(C)CC)C(CC(=O)O)C(=O)OC(C)(C)CC. The molecule has 0 aromatic heterocycles. The van der Waals surface area contributed by atoms with Crippen LogP contribution in [0.2, 0.25) is 0 Å². The molecule has 0 heterocycles. The molecule has 0 aliphatic heterocycles. The van der Waals surface area contributed by atoms with Gasteiger partial charge in [-0.1, -0.05) is 20.4 Å². The van der Waals surface area contributed by atoms with Crippen molar-refractivity contribution in [3.8, 4) is 0 Å². The van der Waals surface area contributed by atoms with Gasteiger partial charge in [-0.05, 0) is 40.5 Å². The first kappa shape index (κ1) is 21.1. The molecular formula is C17H28O6. The molecule has 0 rings (SSSR count). The Bertz CT molecular complexity index is 475. The van der Waals surface area contributed by atoms with Gasteiger partial charge in [0.05, 0.1) is 12.3 Å². The van der Waals surface area contributed by atoms with E-state index >= 15 is 0 Å². The predicted octanol–water partition coefficient (Wildman–Crippen LogP) is 3.10. The van der Waals surface area contributed by atoms with Crippen LogP contribution in [0.4, 0.5) is 0 Å². The number of carbonyl (C=O) groups excluding carboxylic acids is 2. The molecule has 6 heteroatoms.